The first kappa shape index (κ1) is 9.30. The molecule has 0 radical (unpaired) electrons. The molecule has 0 aromatic heterocycles. The number of hydrogen-bond donors (Lipinski definition) is 0. The van der Waals surface area contributed by atoms with E-state index in [1.54, 1.807) is 14.2 Å². The number of halogens is 1. The molecule has 1 rings (SSSR count). The Morgan fingerprint density at radius 2 is 1.91 bits per heavy atom. The van der Waals surface area contributed by atoms with Crippen LogP contribution in [0.2, 0.25) is 0 Å². The lowest BCUT2D eigenvalue weighted by molar-refractivity contribution is -0.00683. The SMILES string of the molecule is COC1CCC(Cl)C(OC)C1. The zero-order valence-corrected chi connectivity index (χ0v) is 7.80. The molecule has 0 amide bonds. The van der Waals surface area contributed by atoms with Gasteiger partial charge in [-0.2, -0.15) is 0 Å². The van der Waals surface area contributed by atoms with E-state index in [1.165, 1.54) is 0 Å². The van der Waals surface area contributed by atoms with Crippen molar-refractivity contribution in [2.45, 2.75) is 36.8 Å². The van der Waals surface area contributed by atoms with Gasteiger partial charge < -0.3 is 9.47 Å². The van der Waals surface area contributed by atoms with Crippen molar-refractivity contribution < 1.29 is 9.47 Å². The van der Waals surface area contributed by atoms with Gasteiger partial charge in [0.15, 0.2) is 0 Å². The maximum absolute atomic E-state index is 6.02. The minimum atomic E-state index is 0.173. The van der Waals surface area contributed by atoms with Gasteiger partial charge in [0, 0.05) is 20.6 Å². The van der Waals surface area contributed by atoms with Gasteiger partial charge in [-0.25, -0.2) is 0 Å². The fourth-order valence-electron chi connectivity index (χ4n) is 1.51. The fraction of sp³-hybridized carbons (Fsp3) is 1.00. The molecule has 3 atom stereocenters. The molecule has 3 unspecified atom stereocenters. The van der Waals surface area contributed by atoms with E-state index in [2.05, 4.69) is 0 Å². The van der Waals surface area contributed by atoms with Gasteiger partial charge in [0.1, 0.15) is 0 Å². The van der Waals surface area contributed by atoms with Crippen LogP contribution in [-0.2, 0) is 9.47 Å². The predicted molar refractivity (Wildman–Crippen MR) is 45.1 cm³/mol. The first-order chi connectivity index (χ1) is 5.27. The van der Waals surface area contributed by atoms with Crippen LogP contribution in [0.25, 0.3) is 0 Å². The maximum atomic E-state index is 6.02. The van der Waals surface area contributed by atoms with Crippen LogP contribution in [0.1, 0.15) is 19.3 Å². The second-order valence-electron chi connectivity index (χ2n) is 2.96. The smallest absolute Gasteiger partial charge is 0.0759 e. The zero-order valence-electron chi connectivity index (χ0n) is 7.05. The number of alkyl halides is 1. The van der Waals surface area contributed by atoms with Crippen LogP contribution in [0.15, 0.2) is 0 Å². The normalized spacial score (nSPS) is 39.0. The van der Waals surface area contributed by atoms with Gasteiger partial charge in [-0.15, -0.1) is 11.6 Å². The summed E-state index contributed by atoms with van der Waals surface area (Å²) in [5.41, 5.74) is 0. The highest BCUT2D eigenvalue weighted by atomic mass is 35.5. The number of hydrogen-bond acceptors (Lipinski definition) is 2. The molecule has 0 saturated heterocycles. The fourth-order valence-corrected chi connectivity index (χ4v) is 1.85. The van der Waals surface area contributed by atoms with Crippen LogP contribution in [0.4, 0.5) is 0 Å². The summed E-state index contributed by atoms with van der Waals surface area (Å²) in [6.07, 6.45) is 3.51. The van der Waals surface area contributed by atoms with E-state index in [0.29, 0.717) is 6.10 Å². The van der Waals surface area contributed by atoms with Gasteiger partial charge >= 0.3 is 0 Å². The van der Waals surface area contributed by atoms with E-state index in [0.717, 1.165) is 19.3 Å². The minimum Gasteiger partial charge on any atom is -0.381 e. The molecule has 0 bridgehead atoms. The molecule has 0 aliphatic heterocycles. The molecule has 0 aromatic rings. The maximum Gasteiger partial charge on any atom is 0.0759 e. The van der Waals surface area contributed by atoms with Gasteiger partial charge in [0.25, 0.3) is 0 Å². The summed E-state index contributed by atoms with van der Waals surface area (Å²) in [7, 11) is 3.45. The van der Waals surface area contributed by atoms with E-state index in [-0.39, 0.29) is 11.5 Å². The van der Waals surface area contributed by atoms with E-state index >= 15 is 0 Å². The van der Waals surface area contributed by atoms with Crippen molar-refractivity contribution in [1.29, 1.82) is 0 Å². The molecule has 11 heavy (non-hydrogen) atoms. The summed E-state index contributed by atoms with van der Waals surface area (Å²) in [5, 5.41) is 0.173. The summed E-state index contributed by atoms with van der Waals surface area (Å²) in [5.74, 6) is 0. The highest BCUT2D eigenvalue weighted by Crippen LogP contribution is 2.26. The van der Waals surface area contributed by atoms with Crippen molar-refractivity contribution in [3.8, 4) is 0 Å². The Morgan fingerprint density at radius 3 is 2.45 bits per heavy atom. The highest BCUT2D eigenvalue weighted by molar-refractivity contribution is 6.21. The van der Waals surface area contributed by atoms with Crippen LogP contribution in [0, 0.1) is 0 Å². The van der Waals surface area contributed by atoms with Crippen LogP contribution < -0.4 is 0 Å². The third-order valence-electron chi connectivity index (χ3n) is 2.30. The largest absolute Gasteiger partial charge is 0.381 e. The van der Waals surface area contributed by atoms with Crippen molar-refractivity contribution in [3.63, 3.8) is 0 Å². The Bertz CT molecular complexity index is 119. The van der Waals surface area contributed by atoms with Gasteiger partial charge in [-0.3, -0.25) is 0 Å². The molecular formula is C8H15ClO2. The lowest BCUT2D eigenvalue weighted by atomic mass is 9.94. The Labute approximate surface area is 72.8 Å². The van der Waals surface area contributed by atoms with Crippen LogP contribution in [0.5, 0.6) is 0 Å². The van der Waals surface area contributed by atoms with Gasteiger partial charge in [-0.05, 0) is 12.8 Å². The molecule has 0 heterocycles. The molecule has 0 aromatic carbocycles. The molecule has 1 aliphatic carbocycles. The van der Waals surface area contributed by atoms with Crippen LogP contribution in [-0.4, -0.2) is 31.8 Å². The lowest BCUT2D eigenvalue weighted by Gasteiger charge is -2.30. The monoisotopic (exact) mass is 178 g/mol. The molecule has 2 nitrogen and oxygen atoms in total. The molecule has 66 valence electrons. The van der Waals surface area contributed by atoms with E-state index in [9.17, 15) is 0 Å². The molecule has 1 saturated carbocycles. The third kappa shape index (κ3) is 2.32. The first-order valence-corrected chi connectivity index (χ1v) is 4.41. The topological polar surface area (TPSA) is 18.5 Å². The van der Waals surface area contributed by atoms with Gasteiger partial charge in [-0.1, -0.05) is 0 Å². The first-order valence-electron chi connectivity index (χ1n) is 3.97. The van der Waals surface area contributed by atoms with E-state index in [1.807, 2.05) is 0 Å². The second kappa shape index (κ2) is 4.29. The average Bonchev–Trinajstić information content (AvgIpc) is 2.05. The number of methoxy groups -OCH3 is 2. The van der Waals surface area contributed by atoms with Crippen molar-refractivity contribution in [3.05, 3.63) is 0 Å². The minimum absolute atomic E-state index is 0.173. The molecule has 1 aliphatic rings. The predicted octanol–water partition coefficient (Wildman–Crippen LogP) is 1.81. The Hall–Kier alpha value is 0.210. The van der Waals surface area contributed by atoms with E-state index in [4.69, 9.17) is 21.1 Å². The highest BCUT2D eigenvalue weighted by Gasteiger charge is 2.28. The summed E-state index contributed by atoms with van der Waals surface area (Å²) < 4.78 is 10.5. The molecule has 0 spiro atoms. The Kier molecular flexibility index (Phi) is 3.63. The average molecular weight is 179 g/mol. The quantitative estimate of drug-likeness (QED) is 0.601. The summed E-state index contributed by atoms with van der Waals surface area (Å²) >= 11 is 6.02. The Morgan fingerprint density at radius 1 is 1.18 bits per heavy atom. The summed E-state index contributed by atoms with van der Waals surface area (Å²) in [4.78, 5) is 0. The van der Waals surface area contributed by atoms with Crippen LogP contribution >= 0.6 is 11.6 Å². The number of rotatable bonds is 2. The Balaban J connectivity index is 2.37. The standard InChI is InChI=1S/C8H15ClO2/c1-10-6-3-4-7(9)8(5-6)11-2/h6-8H,3-5H2,1-2H3. The zero-order chi connectivity index (χ0) is 8.27. The molecule has 1 fully saturated rings. The summed E-state index contributed by atoms with van der Waals surface area (Å²) in [6, 6.07) is 0. The van der Waals surface area contributed by atoms with Gasteiger partial charge in [0.2, 0.25) is 0 Å². The van der Waals surface area contributed by atoms with Crippen molar-refractivity contribution in [1.82, 2.24) is 0 Å². The molecular weight excluding hydrogens is 164 g/mol. The summed E-state index contributed by atoms with van der Waals surface area (Å²) in [6.45, 7) is 0. The van der Waals surface area contributed by atoms with Crippen LogP contribution in [0.3, 0.4) is 0 Å². The lowest BCUT2D eigenvalue weighted by Crippen LogP contribution is -2.35. The van der Waals surface area contributed by atoms with Crippen molar-refractivity contribution in [2.75, 3.05) is 14.2 Å². The second-order valence-corrected chi connectivity index (χ2v) is 3.52. The molecule has 0 N–H and O–H groups in total. The van der Waals surface area contributed by atoms with E-state index < -0.39 is 0 Å². The molecule has 3 heteroatoms. The van der Waals surface area contributed by atoms with Crippen molar-refractivity contribution >= 4 is 11.6 Å². The van der Waals surface area contributed by atoms with Gasteiger partial charge in [0.05, 0.1) is 17.6 Å². The number of ether oxygens (including phenoxy) is 2. The third-order valence-corrected chi connectivity index (χ3v) is 2.80. The van der Waals surface area contributed by atoms with Crippen molar-refractivity contribution in [2.24, 2.45) is 0 Å².